The Morgan fingerprint density at radius 2 is 2.03 bits per heavy atom. The van der Waals surface area contributed by atoms with Crippen LogP contribution in [0.5, 0.6) is 5.75 Å². The summed E-state index contributed by atoms with van der Waals surface area (Å²) in [5.41, 5.74) is 2.96. The summed E-state index contributed by atoms with van der Waals surface area (Å²) >= 11 is 1.22. The SMILES string of the molecule is COc1cc(C(C)NC2CCC(c3ccc(C(=O)NCCSN)cc3)C2)ccc1F. The van der Waals surface area contributed by atoms with Crippen LogP contribution in [0.1, 0.15) is 59.6 Å². The lowest BCUT2D eigenvalue weighted by Gasteiger charge is -2.21. The van der Waals surface area contributed by atoms with Crippen molar-refractivity contribution in [2.45, 2.75) is 44.2 Å². The molecule has 0 aromatic heterocycles. The van der Waals surface area contributed by atoms with Gasteiger partial charge in [0.25, 0.3) is 5.91 Å². The molecule has 2 aromatic rings. The molecule has 162 valence electrons. The van der Waals surface area contributed by atoms with E-state index in [0.29, 0.717) is 29.8 Å². The number of carbonyl (C=O) groups excluding carboxylic acids is 1. The summed E-state index contributed by atoms with van der Waals surface area (Å²) in [6.07, 6.45) is 3.24. The molecule has 1 fully saturated rings. The summed E-state index contributed by atoms with van der Waals surface area (Å²) in [5.74, 6) is 1.04. The van der Waals surface area contributed by atoms with Crippen molar-refractivity contribution in [2.24, 2.45) is 5.14 Å². The van der Waals surface area contributed by atoms with Gasteiger partial charge in [0.1, 0.15) is 0 Å². The average Bonchev–Trinajstić information content (AvgIpc) is 3.22. The lowest BCUT2D eigenvalue weighted by atomic mass is 9.96. The van der Waals surface area contributed by atoms with Crippen LogP contribution in [-0.2, 0) is 0 Å². The molecule has 1 amide bonds. The first-order chi connectivity index (χ1) is 14.5. The van der Waals surface area contributed by atoms with Crippen LogP contribution in [0.3, 0.4) is 0 Å². The molecule has 0 heterocycles. The van der Waals surface area contributed by atoms with E-state index in [0.717, 1.165) is 24.8 Å². The second-order valence-electron chi connectivity index (χ2n) is 7.74. The standard InChI is InChI=1S/C23H30FN3O2S/c1-15(18-8-10-21(24)22(14-18)29-2)27-20-9-7-19(13-20)16-3-5-17(6-4-16)23(28)26-11-12-30-25/h3-6,8,10,14-15,19-20,27H,7,9,11-13,25H2,1-2H3,(H,26,28). The minimum absolute atomic E-state index is 0.0647. The average molecular weight is 432 g/mol. The Kier molecular flexibility index (Phi) is 8.13. The second-order valence-corrected chi connectivity index (χ2v) is 8.48. The van der Waals surface area contributed by atoms with Crippen molar-refractivity contribution in [1.82, 2.24) is 10.6 Å². The van der Waals surface area contributed by atoms with Crippen molar-refractivity contribution in [1.29, 1.82) is 0 Å². The predicted molar refractivity (Wildman–Crippen MR) is 120 cm³/mol. The first-order valence-electron chi connectivity index (χ1n) is 10.3. The Morgan fingerprint density at radius 1 is 1.27 bits per heavy atom. The van der Waals surface area contributed by atoms with Gasteiger partial charge in [-0.25, -0.2) is 4.39 Å². The number of hydrogen-bond acceptors (Lipinski definition) is 5. The first kappa shape index (κ1) is 22.6. The highest BCUT2D eigenvalue weighted by atomic mass is 32.2. The van der Waals surface area contributed by atoms with Gasteiger partial charge in [0.2, 0.25) is 0 Å². The maximum absolute atomic E-state index is 13.7. The highest BCUT2D eigenvalue weighted by Crippen LogP contribution is 2.35. The predicted octanol–water partition coefficient (Wildman–Crippen LogP) is 4.16. The zero-order valence-electron chi connectivity index (χ0n) is 17.5. The molecule has 0 aliphatic heterocycles. The van der Waals surface area contributed by atoms with E-state index in [1.807, 2.05) is 12.1 Å². The lowest BCUT2D eigenvalue weighted by Crippen LogP contribution is -2.29. The number of halogens is 1. The van der Waals surface area contributed by atoms with Crippen molar-refractivity contribution < 1.29 is 13.9 Å². The zero-order valence-corrected chi connectivity index (χ0v) is 18.3. The quantitative estimate of drug-likeness (QED) is 0.411. The van der Waals surface area contributed by atoms with E-state index in [1.54, 1.807) is 12.1 Å². The fourth-order valence-electron chi connectivity index (χ4n) is 4.06. The van der Waals surface area contributed by atoms with E-state index < -0.39 is 0 Å². The van der Waals surface area contributed by atoms with Gasteiger partial charge in [-0.3, -0.25) is 9.93 Å². The molecule has 3 unspecified atom stereocenters. The number of amides is 1. The molecule has 3 atom stereocenters. The Labute approximate surface area is 182 Å². The van der Waals surface area contributed by atoms with Gasteiger partial charge < -0.3 is 15.4 Å². The maximum Gasteiger partial charge on any atom is 0.251 e. The van der Waals surface area contributed by atoms with Crippen LogP contribution >= 0.6 is 11.9 Å². The summed E-state index contributed by atoms with van der Waals surface area (Å²) in [6, 6.07) is 13.5. The summed E-state index contributed by atoms with van der Waals surface area (Å²) in [5, 5.41) is 11.9. The van der Waals surface area contributed by atoms with Gasteiger partial charge in [-0.05, 0) is 67.5 Å². The molecule has 1 saturated carbocycles. The molecule has 3 rings (SSSR count). The number of nitrogens with one attached hydrogen (secondary N) is 2. The molecular weight excluding hydrogens is 401 g/mol. The molecule has 0 radical (unpaired) electrons. The third-order valence-corrected chi connectivity index (χ3v) is 6.18. The van der Waals surface area contributed by atoms with Crippen LogP contribution in [0.2, 0.25) is 0 Å². The smallest absolute Gasteiger partial charge is 0.251 e. The number of ether oxygens (including phenoxy) is 1. The molecule has 30 heavy (non-hydrogen) atoms. The largest absolute Gasteiger partial charge is 0.494 e. The molecule has 0 saturated heterocycles. The Hall–Kier alpha value is -2.09. The summed E-state index contributed by atoms with van der Waals surface area (Å²) < 4.78 is 18.8. The summed E-state index contributed by atoms with van der Waals surface area (Å²) in [4.78, 5) is 12.1. The minimum atomic E-state index is -0.343. The van der Waals surface area contributed by atoms with Gasteiger partial charge in [-0.15, -0.1) is 0 Å². The van der Waals surface area contributed by atoms with Crippen LogP contribution in [-0.4, -0.2) is 31.4 Å². The first-order valence-corrected chi connectivity index (χ1v) is 11.4. The van der Waals surface area contributed by atoms with Crippen LogP contribution in [0.4, 0.5) is 4.39 Å². The van der Waals surface area contributed by atoms with Crippen molar-refractivity contribution in [2.75, 3.05) is 19.4 Å². The molecule has 7 heteroatoms. The monoisotopic (exact) mass is 431 g/mol. The fraction of sp³-hybridized carbons (Fsp3) is 0.435. The fourth-order valence-corrected chi connectivity index (χ4v) is 4.28. The highest BCUT2D eigenvalue weighted by molar-refractivity contribution is 7.97. The Bertz CT molecular complexity index is 847. The van der Waals surface area contributed by atoms with Crippen molar-refractivity contribution in [3.05, 3.63) is 65.0 Å². The van der Waals surface area contributed by atoms with Crippen LogP contribution < -0.4 is 20.5 Å². The van der Waals surface area contributed by atoms with Gasteiger partial charge in [-0.2, -0.15) is 0 Å². The third kappa shape index (κ3) is 5.74. The maximum atomic E-state index is 13.7. The van der Waals surface area contributed by atoms with E-state index in [1.165, 1.54) is 30.7 Å². The number of carbonyl (C=O) groups is 1. The van der Waals surface area contributed by atoms with Gasteiger partial charge in [-0.1, -0.05) is 30.1 Å². The molecule has 0 bridgehead atoms. The number of rotatable bonds is 9. The van der Waals surface area contributed by atoms with Gasteiger partial charge >= 0.3 is 0 Å². The number of methoxy groups -OCH3 is 1. The van der Waals surface area contributed by atoms with Gasteiger partial charge in [0.15, 0.2) is 11.6 Å². The molecule has 2 aromatic carbocycles. The van der Waals surface area contributed by atoms with Crippen molar-refractivity contribution >= 4 is 17.9 Å². The highest BCUT2D eigenvalue weighted by Gasteiger charge is 2.27. The van der Waals surface area contributed by atoms with Crippen LogP contribution in [0, 0.1) is 5.82 Å². The minimum Gasteiger partial charge on any atom is -0.494 e. The third-order valence-electron chi connectivity index (χ3n) is 5.74. The van der Waals surface area contributed by atoms with E-state index in [2.05, 4.69) is 29.7 Å². The van der Waals surface area contributed by atoms with Crippen LogP contribution in [0.25, 0.3) is 0 Å². The van der Waals surface area contributed by atoms with E-state index in [-0.39, 0.29) is 23.5 Å². The normalized spacial score (nSPS) is 19.5. The lowest BCUT2D eigenvalue weighted by molar-refractivity contribution is 0.0956. The number of benzene rings is 2. The molecule has 5 nitrogen and oxygen atoms in total. The molecule has 0 spiro atoms. The second kappa shape index (κ2) is 10.8. The number of hydrogen-bond donors (Lipinski definition) is 3. The molecule has 1 aliphatic rings. The van der Waals surface area contributed by atoms with Crippen molar-refractivity contribution in [3.8, 4) is 5.75 Å². The van der Waals surface area contributed by atoms with E-state index in [9.17, 15) is 9.18 Å². The topological polar surface area (TPSA) is 76.4 Å². The van der Waals surface area contributed by atoms with Crippen LogP contribution in [0.15, 0.2) is 42.5 Å². The van der Waals surface area contributed by atoms with Gasteiger partial charge in [0.05, 0.1) is 7.11 Å². The van der Waals surface area contributed by atoms with E-state index >= 15 is 0 Å². The zero-order chi connectivity index (χ0) is 21.5. The summed E-state index contributed by atoms with van der Waals surface area (Å²) in [6.45, 7) is 2.66. The van der Waals surface area contributed by atoms with Crippen molar-refractivity contribution in [3.63, 3.8) is 0 Å². The molecule has 1 aliphatic carbocycles. The molecular formula is C23H30FN3O2S. The number of nitrogens with two attached hydrogens (primary N) is 1. The Morgan fingerprint density at radius 3 is 2.73 bits per heavy atom. The summed E-state index contributed by atoms with van der Waals surface area (Å²) in [7, 11) is 1.48. The molecule has 4 N–H and O–H groups in total. The van der Waals surface area contributed by atoms with E-state index in [4.69, 9.17) is 9.88 Å². The van der Waals surface area contributed by atoms with Gasteiger partial charge in [0, 0.05) is 29.9 Å². The Balaban J connectivity index is 1.54.